The van der Waals surface area contributed by atoms with Gasteiger partial charge in [0.2, 0.25) is 0 Å². The van der Waals surface area contributed by atoms with Gasteiger partial charge in [0.25, 0.3) is 0 Å². The summed E-state index contributed by atoms with van der Waals surface area (Å²) in [5.74, 6) is 1.10. The molecular weight excluding hydrogens is 462 g/mol. The van der Waals surface area contributed by atoms with Crippen LogP contribution in [-0.4, -0.2) is 78.3 Å². The molecule has 0 aromatic carbocycles. The fraction of sp³-hybridized carbons (Fsp3) is 0.857. The Labute approximate surface area is 215 Å². The Morgan fingerprint density at radius 2 is 2.09 bits per heavy atom. The van der Waals surface area contributed by atoms with Crippen molar-refractivity contribution in [1.82, 2.24) is 4.90 Å². The van der Waals surface area contributed by atoms with Crippen LogP contribution in [0.25, 0.3) is 0 Å². The van der Waals surface area contributed by atoms with Gasteiger partial charge < -0.3 is 19.5 Å². The molecule has 2 bridgehead atoms. The number of carbonyl (C=O) groups is 2. The minimum Gasteiger partial charge on any atom is -0.461 e. The summed E-state index contributed by atoms with van der Waals surface area (Å²) in [6.07, 6.45) is 4.67. The van der Waals surface area contributed by atoms with Crippen molar-refractivity contribution in [2.45, 2.75) is 78.1 Å². The fourth-order valence-corrected chi connectivity index (χ4v) is 8.75. The summed E-state index contributed by atoms with van der Waals surface area (Å²) in [5, 5.41) is 11.6. The number of carbonyl (C=O) groups excluding carboxylic acids is 2. The highest BCUT2D eigenvalue weighted by molar-refractivity contribution is 7.99. The van der Waals surface area contributed by atoms with E-state index in [4.69, 9.17) is 9.47 Å². The van der Waals surface area contributed by atoms with Gasteiger partial charge in [-0.25, -0.2) is 0 Å². The van der Waals surface area contributed by atoms with Crippen molar-refractivity contribution in [3.8, 4) is 0 Å². The van der Waals surface area contributed by atoms with E-state index < -0.39 is 23.0 Å². The van der Waals surface area contributed by atoms with Crippen molar-refractivity contribution in [3.05, 3.63) is 12.7 Å². The van der Waals surface area contributed by atoms with Crippen molar-refractivity contribution in [2.75, 3.05) is 38.2 Å². The Morgan fingerprint density at radius 3 is 2.77 bits per heavy atom. The molecule has 0 radical (unpaired) electrons. The lowest BCUT2D eigenvalue weighted by Gasteiger charge is -2.61. The molecule has 198 valence electrons. The topological polar surface area (TPSA) is 76.1 Å². The van der Waals surface area contributed by atoms with E-state index in [1.54, 1.807) is 11.8 Å². The molecule has 0 aromatic heterocycles. The molecule has 4 rings (SSSR count). The highest BCUT2D eigenvalue weighted by Gasteiger charge is 2.68. The summed E-state index contributed by atoms with van der Waals surface area (Å²) in [6, 6.07) is 0. The quantitative estimate of drug-likeness (QED) is 0.431. The number of aliphatic hydroxyl groups is 1. The minimum absolute atomic E-state index is 0.0189. The molecule has 4 aliphatic rings. The summed E-state index contributed by atoms with van der Waals surface area (Å²) in [5.41, 5.74) is -1.30. The van der Waals surface area contributed by atoms with Crippen LogP contribution in [0.2, 0.25) is 0 Å². The van der Waals surface area contributed by atoms with Crippen molar-refractivity contribution < 1.29 is 24.2 Å². The Kier molecular flexibility index (Phi) is 7.84. The second-order valence-corrected chi connectivity index (χ2v) is 13.4. The van der Waals surface area contributed by atoms with Gasteiger partial charge in [0.05, 0.1) is 24.6 Å². The van der Waals surface area contributed by atoms with Gasteiger partial charge in [0.15, 0.2) is 0 Å². The van der Waals surface area contributed by atoms with Crippen LogP contribution in [0, 0.1) is 34.0 Å². The Hall–Kier alpha value is -0.890. The summed E-state index contributed by atoms with van der Waals surface area (Å²) in [6.45, 7) is 15.2. The van der Waals surface area contributed by atoms with Gasteiger partial charge in [-0.3, -0.25) is 9.59 Å². The molecule has 9 atom stereocenters. The van der Waals surface area contributed by atoms with E-state index in [2.05, 4.69) is 39.3 Å². The van der Waals surface area contributed by atoms with Gasteiger partial charge in [0.1, 0.15) is 11.9 Å². The van der Waals surface area contributed by atoms with E-state index in [1.165, 1.54) is 0 Å². The Morgan fingerprint density at radius 1 is 1.34 bits per heavy atom. The lowest BCUT2D eigenvalue weighted by atomic mass is 9.44. The lowest BCUT2D eigenvalue weighted by molar-refractivity contribution is -0.205. The van der Waals surface area contributed by atoms with Crippen LogP contribution < -0.4 is 0 Å². The maximum atomic E-state index is 13.5. The smallest absolute Gasteiger partial charge is 0.316 e. The van der Waals surface area contributed by atoms with E-state index in [-0.39, 0.29) is 46.8 Å². The minimum atomic E-state index is -0.637. The fourth-order valence-electron chi connectivity index (χ4n) is 7.94. The number of likely N-dealkylation sites (N-methyl/N-ethyl adjacent to an activating group) is 1. The van der Waals surface area contributed by atoms with Crippen LogP contribution in [-0.2, 0) is 19.1 Å². The molecule has 1 aliphatic heterocycles. The van der Waals surface area contributed by atoms with Gasteiger partial charge in [-0.05, 0) is 50.0 Å². The first-order valence-corrected chi connectivity index (χ1v) is 14.5. The summed E-state index contributed by atoms with van der Waals surface area (Å²) in [7, 11) is 2.09. The predicted molar refractivity (Wildman–Crippen MR) is 139 cm³/mol. The second-order valence-electron chi connectivity index (χ2n) is 12.3. The normalized spacial score (nSPS) is 46.4. The molecule has 3 unspecified atom stereocenters. The maximum Gasteiger partial charge on any atom is 0.316 e. The number of nitrogens with zero attached hydrogens (tertiary/aromatic N) is 1. The van der Waals surface area contributed by atoms with E-state index in [1.807, 2.05) is 13.0 Å². The third kappa shape index (κ3) is 4.64. The predicted octanol–water partition coefficient (Wildman–Crippen LogP) is 3.96. The van der Waals surface area contributed by atoms with Crippen LogP contribution in [0.3, 0.4) is 0 Å². The number of thioether (sulfide) groups is 1. The third-order valence-corrected chi connectivity index (χ3v) is 11.5. The van der Waals surface area contributed by atoms with Gasteiger partial charge in [0, 0.05) is 42.0 Å². The van der Waals surface area contributed by atoms with E-state index in [0.29, 0.717) is 12.8 Å². The van der Waals surface area contributed by atoms with Crippen molar-refractivity contribution >= 4 is 23.5 Å². The van der Waals surface area contributed by atoms with Crippen LogP contribution >= 0.6 is 11.8 Å². The monoisotopic (exact) mass is 507 g/mol. The number of morpholine rings is 1. The largest absolute Gasteiger partial charge is 0.461 e. The average molecular weight is 508 g/mol. The standard InChI is InChI=1S/C28H45NO5S/c1-7-26(4)14-22(34-23(31)17-35-16-20-15-29(6)12-13-33-20)27(5)18(2)8-10-28(19(3)25(26)32)11-9-21(30)24(27)28/h7,18-20,22,24-25,32H,1,8-17H2,2-6H3/t18?,19-,20?,22+,24?,25-,26+,27-,28-/m0/s1. The average Bonchev–Trinajstić information content (AvgIpc) is 3.18. The molecule has 7 heteroatoms. The van der Waals surface area contributed by atoms with E-state index in [9.17, 15) is 14.7 Å². The number of ether oxygens (including phenoxy) is 2. The summed E-state index contributed by atoms with van der Waals surface area (Å²) in [4.78, 5) is 28.9. The number of ketones is 1. The zero-order valence-electron chi connectivity index (χ0n) is 22.3. The maximum absolute atomic E-state index is 13.5. The Balaban J connectivity index is 1.57. The molecule has 0 amide bonds. The second kappa shape index (κ2) is 10.1. The first-order chi connectivity index (χ1) is 16.5. The first kappa shape index (κ1) is 27.2. The van der Waals surface area contributed by atoms with Gasteiger partial charge >= 0.3 is 5.97 Å². The Bertz CT molecular complexity index is 836. The molecule has 3 saturated carbocycles. The van der Waals surface area contributed by atoms with Crippen LogP contribution in [0.15, 0.2) is 12.7 Å². The first-order valence-electron chi connectivity index (χ1n) is 13.4. The molecule has 35 heavy (non-hydrogen) atoms. The number of hydrogen-bond acceptors (Lipinski definition) is 7. The molecule has 0 aromatic rings. The van der Waals surface area contributed by atoms with Crippen LogP contribution in [0.5, 0.6) is 0 Å². The number of Topliss-reactive ketones (excluding diaryl/α,β-unsaturated/α-hetero) is 1. The molecular formula is C28H45NO5S. The molecule has 3 aliphatic carbocycles. The molecule has 1 saturated heterocycles. The van der Waals surface area contributed by atoms with Crippen LogP contribution in [0.4, 0.5) is 0 Å². The van der Waals surface area contributed by atoms with Crippen molar-refractivity contribution in [1.29, 1.82) is 0 Å². The van der Waals surface area contributed by atoms with Crippen molar-refractivity contribution in [2.24, 2.45) is 34.0 Å². The molecule has 6 nitrogen and oxygen atoms in total. The number of esters is 1. The van der Waals surface area contributed by atoms with E-state index >= 15 is 0 Å². The molecule has 1 heterocycles. The third-order valence-electron chi connectivity index (χ3n) is 10.4. The van der Waals surface area contributed by atoms with Gasteiger partial charge in [-0.2, -0.15) is 0 Å². The highest BCUT2D eigenvalue weighted by Crippen LogP contribution is 2.68. The van der Waals surface area contributed by atoms with Crippen molar-refractivity contribution in [3.63, 3.8) is 0 Å². The zero-order chi connectivity index (χ0) is 25.6. The molecule has 0 spiro atoms. The SMILES string of the molecule is C=C[C@]1(C)C[C@@H](OC(=O)CSCC2CN(C)CCO2)[C@]2(C)C(C)CC[C@]3(CCC(=O)C32)[C@@H](C)[C@@H]1O. The zero-order valence-corrected chi connectivity index (χ0v) is 23.1. The number of hydrogen-bond donors (Lipinski definition) is 1. The van der Waals surface area contributed by atoms with Crippen LogP contribution in [0.1, 0.15) is 59.8 Å². The van der Waals surface area contributed by atoms with Gasteiger partial charge in [-0.15, -0.1) is 18.3 Å². The molecule has 4 fully saturated rings. The lowest BCUT2D eigenvalue weighted by Crippen LogP contribution is -2.63. The number of aliphatic hydroxyl groups excluding tert-OH is 1. The highest BCUT2D eigenvalue weighted by atomic mass is 32.2. The molecule has 1 N–H and O–H groups in total. The van der Waals surface area contributed by atoms with E-state index in [0.717, 1.165) is 44.7 Å². The summed E-state index contributed by atoms with van der Waals surface area (Å²) >= 11 is 1.55. The van der Waals surface area contributed by atoms with Gasteiger partial charge in [-0.1, -0.05) is 33.8 Å². The summed E-state index contributed by atoms with van der Waals surface area (Å²) < 4.78 is 12.1. The number of rotatable bonds is 6.